The minimum Gasteiger partial charge on any atom is -0.462 e. The molecule has 1 heterocycles. The van der Waals surface area contributed by atoms with Gasteiger partial charge in [0.2, 0.25) is 0 Å². The molecule has 4 nitrogen and oxygen atoms in total. The number of nitrogens with two attached hydrogens (primary N) is 1. The lowest BCUT2D eigenvalue weighted by Crippen LogP contribution is -2.38. The molecule has 0 amide bonds. The minimum absolute atomic E-state index is 0.0754. The van der Waals surface area contributed by atoms with Crippen molar-refractivity contribution < 1.29 is 14.4 Å². The summed E-state index contributed by atoms with van der Waals surface area (Å²) >= 11 is 0. The summed E-state index contributed by atoms with van der Waals surface area (Å²) in [5.41, 5.74) is 5.67. The number of aliphatic hydroxyl groups excluding tert-OH is 1. The Kier molecular flexibility index (Phi) is 13.9. The summed E-state index contributed by atoms with van der Waals surface area (Å²) in [6.07, 6.45) is 23.1. The van der Waals surface area contributed by atoms with Crippen molar-refractivity contribution in [2.45, 2.75) is 115 Å². The zero-order valence-corrected chi connectivity index (χ0v) is 19.1. The molecule has 162 valence electrons. The van der Waals surface area contributed by atoms with Gasteiger partial charge < -0.3 is 20.1 Å². The topological polar surface area (TPSA) is 64.7 Å². The summed E-state index contributed by atoms with van der Waals surface area (Å²) in [4.78, 5) is 0. The first-order valence-corrected chi connectivity index (χ1v) is 12.1. The van der Waals surface area contributed by atoms with Crippen molar-refractivity contribution in [2.24, 2.45) is 5.73 Å². The highest BCUT2D eigenvalue weighted by atomic mass is 31.1. The van der Waals surface area contributed by atoms with Gasteiger partial charge in [-0.15, -0.1) is 0 Å². The Balaban J connectivity index is 2.67. The summed E-state index contributed by atoms with van der Waals surface area (Å²) in [6, 6.07) is 0. The maximum absolute atomic E-state index is 9.23. The quantitative estimate of drug-likeness (QED) is 0.299. The van der Waals surface area contributed by atoms with Gasteiger partial charge in [0.1, 0.15) is 11.8 Å². The van der Waals surface area contributed by atoms with Gasteiger partial charge in [0.15, 0.2) is 5.34 Å². The highest BCUT2D eigenvalue weighted by Gasteiger charge is 2.31. The molecule has 0 saturated carbocycles. The van der Waals surface area contributed by atoms with Crippen LogP contribution in [0.25, 0.3) is 0 Å². The second kappa shape index (κ2) is 15.3. The Hall–Kier alpha value is -0.590. The van der Waals surface area contributed by atoms with Crippen molar-refractivity contribution >= 4 is 8.81 Å². The van der Waals surface area contributed by atoms with Crippen LogP contribution in [-0.2, 0) is 9.26 Å². The van der Waals surface area contributed by atoms with E-state index in [0.29, 0.717) is 6.61 Å². The second-order valence-corrected chi connectivity index (χ2v) is 9.33. The van der Waals surface area contributed by atoms with Gasteiger partial charge in [-0.1, -0.05) is 76.7 Å². The predicted octanol–water partition coefficient (Wildman–Crippen LogP) is 6.37. The van der Waals surface area contributed by atoms with E-state index >= 15 is 0 Å². The zero-order valence-electron chi connectivity index (χ0n) is 18.1. The Morgan fingerprint density at radius 2 is 1.39 bits per heavy atom. The van der Waals surface area contributed by atoms with Gasteiger partial charge in [0.05, 0.1) is 8.81 Å². The summed E-state index contributed by atoms with van der Waals surface area (Å²) in [7, 11) is -0.0754. The third-order valence-corrected chi connectivity index (χ3v) is 6.53. The minimum atomic E-state index is -0.912. The van der Waals surface area contributed by atoms with Crippen LogP contribution in [0.5, 0.6) is 0 Å². The number of rotatable bonds is 1. The lowest BCUT2D eigenvalue weighted by Gasteiger charge is -2.31. The Morgan fingerprint density at radius 1 is 0.893 bits per heavy atom. The molecule has 0 radical (unpaired) electrons. The molecule has 1 aliphatic rings. The maximum Gasteiger partial charge on any atom is 0.191 e. The van der Waals surface area contributed by atoms with Crippen LogP contribution in [0.4, 0.5) is 0 Å². The molecule has 1 aliphatic heterocycles. The molecule has 3 atom stereocenters. The summed E-state index contributed by atoms with van der Waals surface area (Å²) in [5.74, 6) is 2.80. The van der Waals surface area contributed by atoms with Gasteiger partial charge in [0.25, 0.3) is 0 Å². The molecule has 0 aromatic heterocycles. The first-order valence-electron chi connectivity index (χ1n) is 11.2. The fourth-order valence-corrected chi connectivity index (χ4v) is 4.52. The van der Waals surface area contributed by atoms with E-state index in [1.807, 2.05) is 32.1 Å². The van der Waals surface area contributed by atoms with E-state index < -0.39 is 11.1 Å². The number of ether oxygens (including phenoxy) is 1. The normalized spacial score (nSPS) is 31.8. The van der Waals surface area contributed by atoms with Crippen LogP contribution in [0, 0.1) is 12.0 Å². The molecule has 1 fully saturated rings. The molecule has 28 heavy (non-hydrogen) atoms. The SMILES string of the molecule is CC=CC1(C#CO)OCCCCCCCCCCCCCCCC(C)(N)OP1. The van der Waals surface area contributed by atoms with Crippen molar-refractivity contribution in [2.75, 3.05) is 6.61 Å². The van der Waals surface area contributed by atoms with Crippen LogP contribution in [-0.4, -0.2) is 22.8 Å². The van der Waals surface area contributed by atoms with Crippen LogP contribution in [0.15, 0.2) is 12.2 Å². The summed E-state index contributed by atoms with van der Waals surface area (Å²) in [5, 5.41) is 8.32. The van der Waals surface area contributed by atoms with Gasteiger partial charge >= 0.3 is 0 Å². The van der Waals surface area contributed by atoms with E-state index in [1.165, 1.54) is 64.2 Å². The van der Waals surface area contributed by atoms with Gasteiger partial charge in [-0.05, 0) is 45.1 Å². The number of aliphatic hydroxyl groups is 1. The van der Waals surface area contributed by atoms with Crippen LogP contribution < -0.4 is 5.73 Å². The van der Waals surface area contributed by atoms with Gasteiger partial charge in [0, 0.05) is 6.61 Å². The van der Waals surface area contributed by atoms with Gasteiger partial charge in [-0.2, -0.15) is 0 Å². The first kappa shape index (κ1) is 25.4. The van der Waals surface area contributed by atoms with Crippen molar-refractivity contribution in [3.05, 3.63) is 12.2 Å². The lowest BCUT2D eigenvalue weighted by atomic mass is 10.0. The molecule has 3 N–H and O–H groups in total. The molecule has 1 saturated heterocycles. The standard InChI is InChI=1S/C23H42NO3P/c1-3-17-23(19-20-25)26-21-16-14-12-10-8-6-4-5-7-9-11-13-15-18-22(2,24)27-28-23/h3,17,25,28H,4-16,18,21,24H2,1-2H3. The summed E-state index contributed by atoms with van der Waals surface area (Å²) < 4.78 is 12.1. The van der Waals surface area contributed by atoms with Crippen molar-refractivity contribution in [3.63, 3.8) is 0 Å². The molecule has 0 aromatic rings. The highest BCUT2D eigenvalue weighted by Crippen LogP contribution is 2.39. The van der Waals surface area contributed by atoms with Crippen molar-refractivity contribution in [1.82, 2.24) is 0 Å². The van der Waals surface area contributed by atoms with Crippen LogP contribution in [0.3, 0.4) is 0 Å². The third kappa shape index (κ3) is 12.1. The van der Waals surface area contributed by atoms with E-state index in [0.717, 1.165) is 25.7 Å². The Labute approximate surface area is 174 Å². The van der Waals surface area contributed by atoms with Crippen molar-refractivity contribution in [3.8, 4) is 12.0 Å². The summed E-state index contributed by atoms with van der Waals surface area (Å²) in [6.45, 7) is 4.46. The molecular weight excluding hydrogens is 369 g/mol. The van der Waals surface area contributed by atoms with Gasteiger partial charge in [-0.25, -0.2) is 0 Å². The second-order valence-electron chi connectivity index (χ2n) is 8.18. The van der Waals surface area contributed by atoms with E-state index in [4.69, 9.17) is 15.0 Å². The monoisotopic (exact) mass is 411 g/mol. The van der Waals surface area contributed by atoms with E-state index in [1.54, 1.807) is 0 Å². The molecular formula is C23H42NO3P. The number of hydrogen-bond acceptors (Lipinski definition) is 4. The first-order chi connectivity index (χ1) is 13.5. The van der Waals surface area contributed by atoms with E-state index in [2.05, 4.69) is 5.92 Å². The zero-order chi connectivity index (χ0) is 20.6. The number of allylic oxidation sites excluding steroid dienone is 1. The Bertz CT molecular complexity index is 484. The molecule has 0 spiro atoms. The fraction of sp³-hybridized carbons (Fsp3) is 0.826. The van der Waals surface area contributed by atoms with Crippen molar-refractivity contribution in [1.29, 1.82) is 0 Å². The Morgan fingerprint density at radius 3 is 1.89 bits per heavy atom. The van der Waals surface area contributed by atoms with Crippen LogP contribution in [0.1, 0.15) is 104 Å². The van der Waals surface area contributed by atoms with Gasteiger partial charge in [-0.3, -0.25) is 0 Å². The van der Waals surface area contributed by atoms with E-state index in [9.17, 15) is 5.11 Å². The molecule has 0 aromatic carbocycles. The van der Waals surface area contributed by atoms with E-state index in [-0.39, 0.29) is 8.81 Å². The van der Waals surface area contributed by atoms with Crippen LogP contribution in [0.2, 0.25) is 0 Å². The lowest BCUT2D eigenvalue weighted by molar-refractivity contribution is 0.0579. The van der Waals surface area contributed by atoms with Crippen LogP contribution >= 0.6 is 8.81 Å². The number of hydrogen-bond donors (Lipinski definition) is 2. The average molecular weight is 412 g/mol. The fourth-order valence-electron chi connectivity index (χ4n) is 3.53. The maximum atomic E-state index is 9.23. The highest BCUT2D eigenvalue weighted by molar-refractivity contribution is 7.35. The third-order valence-electron chi connectivity index (χ3n) is 5.23. The molecule has 3 unspecified atom stereocenters. The smallest absolute Gasteiger partial charge is 0.191 e. The largest absolute Gasteiger partial charge is 0.462 e. The molecule has 5 heteroatoms. The average Bonchev–Trinajstić information content (AvgIpc) is 2.66. The molecule has 0 aliphatic carbocycles. The molecule has 0 bridgehead atoms. The molecule has 1 rings (SSSR count). The predicted molar refractivity (Wildman–Crippen MR) is 120 cm³/mol.